The molecule has 0 spiro atoms. The molecule has 6 amide bonds. The second-order valence-corrected chi connectivity index (χ2v) is 18.4. The van der Waals surface area contributed by atoms with Crippen LogP contribution in [0.2, 0.25) is 0 Å². The van der Waals surface area contributed by atoms with Crippen molar-refractivity contribution in [1.29, 1.82) is 0 Å². The number of primary amides is 1. The van der Waals surface area contributed by atoms with Crippen LogP contribution in [0.25, 0.3) is 17.1 Å². The molecule has 3 aromatic heterocycles. The Morgan fingerprint density at radius 3 is 2.31 bits per heavy atom. The van der Waals surface area contributed by atoms with Gasteiger partial charge in [0.1, 0.15) is 48.3 Å². The van der Waals surface area contributed by atoms with Crippen LogP contribution in [0, 0.1) is 12.8 Å². The number of benzene rings is 1. The Bertz CT molecular complexity index is 2500. The summed E-state index contributed by atoms with van der Waals surface area (Å²) in [7, 11) is -5.14. The number of amides is 6. The summed E-state index contributed by atoms with van der Waals surface area (Å²) >= 11 is 0. The van der Waals surface area contributed by atoms with E-state index in [0.717, 1.165) is 18.4 Å². The Balaban J connectivity index is 1.28. The topological polar surface area (TPSA) is 337 Å². The summed E-state index contributed by atoms with van der Waals surface area (Å²) in [5.74, 6) is -3.77. The number of carbonyl (C=O) groups is 6. The third-order valence-corrected chi connectivity index (χ3v) is 11.8. The first-order valence-electron chi connectivity index (χ1n) is 22.7. The number of aryl methyl sites for hydroxylation is 2. The molecule has 1 aliphatic heterocycles. The van der Waals surface area contributed by atoms with Crippen molar-refractivity contribution >= 4 is 49.5 Å². The quantitative estimate of drug-likeness (QED) is 0.0188. The standard InChI is InChI=1S/C45H62N11O13P/c1-27(2)20-34(50-45(63)37-14-11-18-55(37)30(5)58)42(60)49-35(43(61)51-36(25-57)44(62)52-39(41(46)59)29(4)69-70(64,65)66)21-33-23-47-26-54(33)17-9-10-19-67-48-22-31-24-56(32-12-7-6-8-13-32)53-40(31)38-16-15-28(3)68-38/h6-8,12-13,15-16,22-24,26-27,29,34-37,39,57H,9-11,14,17-21,25H2,1-5H3,(H2,46,59)(H,49,60)(H,50,63)(H,51,61)(H,52,62)(H2,64,65,66)/b48-22+/t29-,34+,35+,36+,37+,39+/m1/s1. The third-order valence-electron chi connectivity index (χ3n) is 11.2. The Morgan fingerprint density at radius 2 is 1.67 bits per heavy atom. The van der Waals surface area contributed by atoms with Gasteiger partial charge in [-0.05, 0) is 76.1 Å². The van der Waals surface area contributed by atoms with Gasteiger partial charge in [0.05, 0.1) is 30.9 Å². The molecule has 0 unspecified atom stereocenters. The van der Waals surface area contributed by atoms with Gasteiger partial charge >= 0.3 is 7.82 Å². The van der Waals surface area contributed by atoms with Crippen molar-refractivity contribution < 1.29 is 62.0 Å². The van der Waals surface area contributed by atoms with Gasteiger partial charge in [-0.2, -0.15) is 5.10 Å². The number of unbranched alkanes of at least 4 members (excludes halogenated alkanes) is 1. The van der Waals surface area contributed by atoms with Crippen LogP contribution < -0.4 is 27.0 Å². The highest BCUT2D eigenvalue weighted by Crippen LogP contribution is 2.38. The first-order valence-corrected chi connectivity index (χ1v) is 24.3. The molecule has 0 saturated carbocycles. The molecule has 0 bridgehead atoms. The Labute approximate surface area is 403 Å². The molecule has 6 atom stereocenters. The Hall–Kier alpha value is -6.72. The van der Waals surface area contributed by atoms with Crippen LogP contribution in [0.4, 0.5) is 0 Å². The van der Waals surface area contributed by atoms with E-state index in [1.165, 1.54) is 24.3 Å². The SMILES string of the molecule is CC(=O)N1CCC[C@H]1C(=O)N[C@@H](CC(C)C)C(=O)N[C@@H](Cc1cncn1CCCCO/N=C/c1cn(-c2ccccc2)nc1-c1ccc(C)o1)C(=O)N[C@@H](CO)C(=O)N[C@H](C(N)=O)[C@@H](C)OP(=O)(O)O. The molecule has 4 heterocycles. The van der Waals surface area contributed by atoms with Crippen molar-refractivity contribution in [1.82, 2.24) is 45.5 Å². The van der Waals surface area contributed by atoms with Crippen LogP contribution in [-0.2, 0) is 55.7 Å². The highest BCUT2D eigenvalue weighted by atomic mass is 31.2. The first kappa shape index (κ1) is 54.2. The van der Waals surface area contributed by atoms with E-state index in [-0.39, 0.29) is 31.3 Å². The number of carbonyl (C=O) groups excluding carboxylic acids is 6. The Kier molecular flexibility index (Phi) is 19.5. The summed E-state index contributed by atoms with van der Waals surface area (Å²) in [6, 6.07) is 6.27. The van der Waals surface area contributed by atoms with Gasteiger partial charge < -0.3 is 60.6 Å². The van der Waals surface area contributed by atoms with Crippen LogP contribution in [0.3, 0.4) is 0 Å². The first-order chi connectivity index (χ1) is 33.2. The van der Waals surface area contributed by atoms with Gasteiger partial charge in [-0.25, -0.2) is 14.2 Å². The number of aromatic nitrogens is 4. The van der Waals surface area contributed by atoms with Crippen LogP contribution in [-0.4, -0.2) is 137 Å². The van der Waals surface area contributed by atoms with E-state index in [1.807, 2.05) is 69.4 Å². The van der Waals surface area contributed by atoms with Gasteiger partial charge in [0.15, 0.2) is 5.76 Å². The van der Waals surface area contributed by atoms with E-state index in [0.29, 0.717) is 61.5 Å². The molecule has 380 valence electrons. The average molecular weight is 996 g/mol. The molecule has 4 aromatic rings. The van der Waals surface area contributed by atoms with Crippen molar-refractivity contribution in [2.75, 3.05) is 19.8 Å². The predicted octanol–water partition coefficient (Wildman–Crippen LogP) is 0.982. The molecule has 5 rings (SSSR count). The molecule has 1 aromatic carbocycles. The smallest absolute Gasteiger partial charge is 0.460 e. The zero-order chi connectivity index (χ0) is 51.1. The van der Waals surface area contributed by atoms with Crippen LogP contribution in [0.15, 0.2) is 70.8 Å². The maximum Gasteiger partial charge on any atom is 0.469 e. The Morgan fingerprint density at radius 1 is 0.971 bits per heavy atom. The number of aliphatic hydroxyl groups is 1. The molecule has 24 nitrogen and oxygen atoms in total. The second-order valence-electron chi connectivity index (χ2n) is 17.2. The molecule has 25 heteroatoms. The number of furan rings is 1. The third kappa shape index (κ3) is 15.7. The zero-order valence-corrected chi connectivity index (χ0v) is 40.5. The second kappa shape index (κ2) is 25.2. The molecule has 70 heavy (non-hydrogen) atoms. The number of aliphatic hydroxyl groups excluding tert-OH is 1. The highest BCUT2D eigenvalue weighted by molar-refractivity contribution is 7.46. The van der Waals surface area contributed by atoms with Gasteiger partial charge in [-0.3, -0.25) is 33.3 Å². The molecule has 1 saturated heterocycles. The minimum atomic E-state index is -5.14. The fraction of sp³-hybridized carbons (Fsp3) is 0.489. The summed E-state index contributed by atoms with van der Waals surface area (Å²) in [5, 5.41) is 29.1. The van der Waals surface area contributed by atoms with Crippen molar-refractivity contribution in [3.8, 4) is 17.1 Å². The summed E-state index contributed by atoms with van der Waals surface area (Å²) in [5.41, 5.74) is 7.94. The van der Waals surface area contributed by atoms with Crippen molar-refractivity contribution in [3.63, 3.8) is 0 Å². The fourth-order valence-corrected chi connectivity index (χ4v) is 8.31. The van der Waals surface area contributed by atoms with Gasteiger partial charge in [0.25, 0.3) is 0 Å². The van der Waals surface area contributed by atoms with E-state index >= 15 is 0 Å². The number of imidazole rings is 1. The fourth-order valence-electron chi connectivity index (χ4n) is 7.76. The lowest BCUT2D eigenvalue weighted by Crippen LogP contribution is -2.61. The molecular weight excluding hydrogens is 934 g/mol. The van der Waals surface area contributed by atoms with E-state index < -0.39 is 80.3 Å². The van der Waals surface area contributed by atoms with E-state index in [4.69, 9.17) is 20.1 Å². The van der Waals surface area contributed by atoms with E-state index in [9.17, 15) is 48.2 Å². The van der Waals surface area contributed by atoms with Gasteiger partial charge in [0, 0.05) is 50.1 Å². The summed E-state index contributed by atoms with van der Waals surface area (Å²) in [6.07, 6.45) is 6.81. The number of hydrogen-bond donors (Lipinski definition) is 8. The number of phosphoric ester groups is 1. The number of nitrogens with two attached hydrogens (primary N) is 1. The predicted molar refractivity (Wildman–Crippen MR) is 251 cm³/mol. The normalized spacial score (nSPS) is 16.1. The van der Waals surface area contributed by atoms with Gasteiger partial charge in [-0.15, -0.1) is 0 Å². The average Bonchev–Trinajstić information content (AvgIpc) is 4.14. The van der Waals surface area contributed by atoms with Gasteiger partial charge in [0.2, 0.25) is 35.4 Å². The number of phosphoric acid groups is 1. The zero-order valence-electron chi connectivity index (χ0n) is 39.6. The molecule has 1 fully saturated rings. The maximum absolute atomic E-state index is 14.1. The number of para-hydroxylation sites is 1. The largest absolute Gasteiger partial charge is 0.469 e. The van der Waals surface area contributed by atoms with Gasteiger partial charge in [-0.1, -0.05) is 37.2 Å². The molecule has 9 N–H and O–H groups in total. The van der Waals surface area contributed by atoms with Crippen molar-refractivity contribution in [2.45, 2.75) is 116 Å². The van der Waals surface area contributed by atoms with E-state index in [1.54, 1.807) is 15.5 Å². The van der Waals surface area contributed by atoms with Crippen molar-refractivity contribution in [3.05, 3.63) is 78.2 Å². The number of hydrogen-bond acceptors (Lipinski definition) is 14. The number of rotatable bonds is 26. The minimum Gasteiger partial charge on any atom is -0.460 e. The number of nitrogens with one attached hydrogen (secondary N) is 4. The van der Waals surface area contributed by atoms with Crippen LogP contribution >= 0.6 is 7.82 Å². The van der Waals surface area contributed by atoms with Crippen LogP contribution in [0.1, 0.15) is 76.8 Å². The molecular formula is C45H62N11O13P. The molecule has 1 aliphatic rings. The molecule has 0 radical (unpaired) electrons. The summed E-state index contributed by atoms with van der Waals surface area (Å²) < 4.78 is 25.3. The lowest BCUT2D eigenvalue weighted by molar-refractivity contribution is -0.139. The summed E-state index contributed by atoms with van der Waals surface area (Å²) in [4.78, 5) is 109. The summed E-state index contributed by atoms with van der Waals surface area (Å²) in [6.45, 7) is 7.92. The number of nitrogens with zero attached hydrogens (tertiary/aromatic N) is 6. The highest BCUT2D eigenvalue weighted by Gasteiger charge is 2.37. The van der Waals surface area contributed by atoms with Crippen LogP contribution in [0.5, 0.6) is 0 Å². The maximum atomic E-state index is 14.1. The van der Waals surface area contributed by atoms with E-state index in [2.05, 4.69) is 35.9 Å². The lowest BCUT2D eigenvalue weighted by atomic mass is 10.0. The number of likely N-dealkylation sites (tertiary alicyclic amines) is 1. The minimum absolute atomic E-state index is 0.119. The number of oxime groups is 1. The monoisotopic (exact) mass is 995 g/mol. The van der Waals surface area contributed by atoms with Crippen molar-refractivity contribution in [2.24, 2.45) is 16.8 Å². The lowest BCUT2D eigenvalue weighted by Gasteiger charge is -2.28. The molecule has 0 aliphatic carbocycles.